The van der Waals surface area contributed by atoms with E-state index in [0.29, 0.717) is 65.4 Å². The van der Waals surface area contributed by atoms with Crippen molar-refractivity contribution in [2.24, 2.45) is 0 Å². The number of unbranched alkanes of at least 4 members (excludes halogenated alkanes) is 6. The van der Waals surface area contributed by atoms with E-state index in [1.807, 2.05) is 70.5 Å². The van der Waals surface area contributed by atoms with E-state index < -0.39 is 0 Å². The van der Waals surface area contributed by atoms with Crippen LogP contribution >= 0.6 is 0 Å². The van der Waals surface area contributed by atoms with Crippen LogP contribution in [-0.2, 0) is 45.4 Å². The monoisotopic (exact) mass is 941 g/mol. The molecule has 0 atom stereocenters. The number of nitrogens with zero attached hydrogens (tertiary/aromatic N) is 4. The molecule has 0 saturated carbocycles. The van der Waals surface area contributed by atoms with Gasteiger partial charge in [-0.2, -0.15) is 0 Å². The first-order valence-corrected chi connectivity index (χ1v) is 26.1. The minimum absolute atomic E-state index is 0.0553. The maximum Gasteiger partial charge on any atom is 0.223 e. The van der Waals surface area contributed by atoms with E-state index in [9.17, 15) is 19.2 Å². The lowest BCUT2D eigenvalue weighted by Gasteiger charge is -2.30. The summed E-state index contributed by atoms with van der Waals surface area (Å²) in [7, 11) is 9.04. The Morgan fingerprint density at radius 1 is 0.426 bits per heavy atom. The maximum atomic E-state index is 13.7. The van der Waals surface area contributed by atoms with Gasteiger partial charge in [0.15, 0.2) is 0 Å². The molecule has 0 bridgehead atoms. The third-order valence-corrected chi connectivity index (χ3v) is 12.8. The molecule has 0 aromatic heterocycles. The van der Waals surface area contributed by atoms with Gasteiger partial charge in [0.2, 0.25) is 23.6 Å². The van der Waals surface area contributed by atoms with Gasteiger partial charge in [0.05, 0.1) is 54.4 Å². The number of hydrogen-bond donors (Lipinski definition) is 4. The van der Waals surface area contributed by atoms with Gasteiger partial charge in [0.25, 0.3) is 0 Å². The number of hydrogen-bond acceptors (Lipinski definition) is 6. The van der Waals surface area contributed by atoms with Crippen molar-refractivity contribution in [3.05, 3.63) is 107 Å². The Labute approximate surface area is 412 Å². The molecule has 378 valence electrons. The van der Waals surface area contributed by atoms with E-state index in [2.05, 4.69) is 87.6 Å². The summed E-state index contributed by atoms with van der Waals surface area (Å²) >= 11 is 0. The molecule has 68 heavy (non-hydrogen) atoms. The Morgan fingerprint density at radius 3 is 1.16 bits per heavy atom. The van der Waals surface area contributed by atoms with E-state index in [0.717, 1.165) is 59.1 Å². The number of carbonyl (C=O) groups is 4. The molecular weight excluding hydrogens is 849 g/mol. The Hall–Kier alpha value is -4.62. The summed E-state index contributed by atoms with van der Waals surface area (Å²) in [5.74, 6) is -0.286. The quantitative estimate of drug-likeness (QED) is 0.0344. The van der Waals surface area contributed by atoms with Crippen LogP contribution in [0.4, 0.5) is 0 Å². The highest BCUT2D eigenvalue weighted by Gasteiger charge is 2.20. The first-order valence-electron chi connectivity index (χ1n) is 26.1. The molecule has 0 aliphatic heterocycles. The van der Waals surface area contributed by atoms with Crippen molar-refractivity contribution in [3.8, 4) is 0 Å². The molecule has 0 heterocycles. The molecule has 3 aromatic rings. The molecule has 0 spiro atoms. The lowest BCUT2D eigenvalue weighted by Crippen LogP contribution is -2.42. The molecule has 3 aromatic carbocycles. The molecule has 0 aliphatic rings. The molecule has 0 fully saturated rings. The maximum absolute atomic E-state index is 13.7. The second-order valence-corrected chi connectivity index (χ2v) is 20.1. The zero-order valence-corrected chi connectivity index (χ0v) is 43.3. The van der Waals surface area contributed by atoms with Crippen molar-refractivity contribution in [2.45, 2.75) is 130 Å². The van der Waals surface area contributed by atoms with Crippen molar-refractivity contribution in [2.75, 3.05) is 93.6 Å². The van der Waals surface area contributed by atoms with Gasteiger partial charge in [-0.1, -0.05) is 124 Å². The fourth-order valence-corrected chi connectivity index (χ4v) is 8.42. The van der Waals surface area contributed by atoms with E-state index in [4.69, 9.17) is 0 Å². The van der Waals surface area contributed by atoms with Gasteiger partial charge in [-0.15, -0.1) is 0 Å². The summed E-state index contributed by atoms with van der Waals surface area (Å²) < 4.78 is 1.90. The smallest absolute Gasteiger partial charge is 0.223 e. The van der Waals surface area contributed by atoms with Gasteiger partial charge in [0.1, 0.15) is 0 Å². The fraction of sp³-hybridized carbons (Fsp3) is 0.607. The second-order valence-electron chi connectivity index (χ2n) is 20.1. The molecule has 0 radical (unpaired) electrons. The fourth-order valence-electron chi connectivity index (χ4n) is 8.42. The first-order chi connectivity index (χ1) is 32.8. The van der Waals surface area contributed by atoms with E-state index in [1.165, 1.54) is 62.5 Å². The summed E-state index contributed by atoms with van der Waals surface area (Å²) in [5, 5.41) is 13.1. The molecule has 0 unspecified atom stereocenters. The Morgan fingerprint density at radius 2 is 0.794 bits per heavy atom. The molecule has 0 aliphatic carbocycles. The zero-order valence-electron chi connectivity index (χ0n) is 43.3. The third-order valence-electron chi connectivity index (χ3n) is 12.8. The molecular formula is C56H92N8O4+2. The second kappa shape index (κ2) is 33.8. The molecule has 4 amide bonds. The van der Waals surface area contributed by atoms with Crippen LogP contribution in [0.3, 0.4) is 0 Å². The standard InChI is InChI=1S/C56H90N8O4/c1-7-9-11-19-41-63(3,4)43-21-35-59-53(65)31-33-55(67)61(39-37-57-45-49-23-15-13-16-24-49)47-51-27-29-52(30-28-51)48-62(40-38-58-46-50-25-17-14-18-26-50)56(68)34-32-54(66)60-36-22-44-64(5,6)42-20-12-10-8-2/h13-18,23-30,57-58H,7-12,19-22,31-48H2,1-6H3/p+2. The molecule has 12 heteroatoms. The van der Waals surface area contributed by atoms with E-state index >= 15 is 0 Å². The minimum Gasteiger partial charge on any atom is -0.356 e. The highest BCUT2D eigenvalue weighted by molar-refractivity contribution is 5.84. The van der Waals surface area contributed by atoms with Crippen LogP contribution in [0.2, 0.25) is 0 Å². The number of amides is 4. The minimum atomic E-state index is -0.0876. The molecule has 12 nitrogen and oxygen atoms in total. The van der Waals surface area contributed by atoms with Crippen LogP contribution in [0.25, 0.3) is 0 Å². The summed E-state index contributed by atoms with van der Waals surface area (Å²) in [6.07, 6.45) is 12.4. The van der Waals surface area contributed by atoms with Crippen molar-refractivity contribution in [3.63, 3.8) is 0 Å². The third kappa shape index (κ3) is 26.8. The Balaban J connectivity index is 1.57. The van der Waals surface area contributed by atoms with Crippen LogP contribution in [-0.4, -0.2) is 136 Å². The molecule has 4 N–H and O–H groups in total. The SMILES string of the molecule is CCCCCC[N+](C)(C)CCCNC(=O)CCC(=O)N(CCNCc1ccccc1)Cc1ccc(CN(CCNCc2ccccc2)C(=O)CCC(=O)NCCC[N+](C)(C)CCCCCC)cc1. The van der Waals surface area contributed by atoms with Gasteiger partial charge in [0, 0.05) is 104 Å². The Bertz CT molecular complexity index is 1690. The normalized spacial score (nSPS) is 11.6. The summed E-state index contributed by atoms with van der Waals surface area (Å²) in [6, 6.07) is 28.5. The Kier molecular flexibility index (Phi) is 28.7. The molecule has 3 rings (SSSR count). The summed E-state index contributed by atoms with van der Waals surface area (Å²) in [4.78, 5) is 56.9. The number of benzene rings is 3. The highest BCUT2D eigenvalue weighted by atomic mass is 16.2. The predicted molar refractivity (Wildman–Crippen MR) is 279 cm³/mol. The van der Waals surface area contributed by atoms with Gasteiger partial charge in [-0.25, -0.2) is 0 Å². The van der Waals surface area contributed by atoms with Gasteiger partial charge >= 0.3 is 0 Å². The van der Waals surface area contributed by atoms with Crippen LogP contribution in [0.1, 0.15) is 126 Å². The number of carbonyl (C=O) groups excluding carboxylic acids is 4. The number of quaternary nitrogens is 2. The van der Waals surface area contributed by atoms with Crippen molar-refractivity contribution in [1.29, 1.82) is 0 Å². The number of rotatable bonds is 38. The van der Waals surface area contributed by atoms with Crippen molar-refractivity contribution >= 4 is 23.6 Å². The van der Waals surface area contributed by atoms with Crippen LogP contribution in [0.5, 0.6) is 0 Å². The summed E-state index contributed by atoms with van der Waals surface area (Å²) in [5.41, 5.74) is 4.30. The van der Waals surface area contributed by atoms with E-state index in [1.54, 1.807) is 0 Å². The van der Waals surface area contributed by atoms with Gasteiger partial charge in [-0.05, 0) is 47.9 Å². The van der Waals surface area contributed by atoms with Crippen LogP contribution in [0.15, 0.2) is 84.9 Å². The van der Waals surface area contributed by atoms with Crippen LogP contribution < -0.4 is 21.3 Å². The largest absolute Gasteiger partial charge is 0.356 e. The van der Waals surface area contributed by atoms with Crippen molar-refractivity contribution in [1.82, 2.24) is 31.1 Å². The highest BCUT2D eigenvalue weighted by Crippen LogP contribution is 2.14. The lowest BCUT2D eigenvalue weighted by atomic mass is 10.1. The van der Waals surface area contributed by atoms with E-state index in [-0.39, 0.29) is 49.3 Å². The van der Waals surface area contributed by atoms with Gasteiger partial charge < -0.3 is 40.0 Å². The first kappa shape index (κ1) is 57.7. The zero-order chi connectivity index (χ0) is 49.3. The molecule has 0 saturated heterocycles. The van der Waals surface area contributed by atoms with Crippen LogP contribution in [0, 0.1) is 0 Å². The number of nitrogens with one attached hydrogen (secondary N) is 4. The van der Waals surface area contributed by atoms with Gasteiger partial charge in [-0.3, -0.25) is 19.2 Å². The lowest BCUT2D eigenvalue weighted by molar-refractivity contribution is -0.890. The van der Waals surface area contributed by atoms with Crippen molar-refractivity contribution < 1.29 is 28.1 Å². The summed E-state index contributed by atoms with van der Waals surface area (Å²) in [6.45, 7) is 14.5. The average molecular weight is 941 g/mol. The topological polar surface area (TPSA) is 123 Å². The predicted octanol–water partition coefficient (Wildman–Crippen LogP) is 7.81. The average Bonchev–Trinajstić information content (AvgIpc) is 3.33.